The molecule has 2 amide bonds. The van der Waals surface area contributed by atoms with Gasteiger partial charge in [-0.05, 0) is 119 Å². The van der Waals surface area contributed by atoms with Gasteiger partial charge >= 0.3 is 5.97 Å². The number of ether oxygens (including phenoxy) is 3. The van der Waals surface area contributed by atoms with Crippen LogP contribution in [0.1, 0.15) is 87.6 Å². The van der Waals surface area contributed by atoms with E-state index < -0.39 is 18.7 Å². The molecule has 3 N–H and O–H groups in total. The lowest BCUT2D eigenvalue weighted by atomic mass is 9.75. The minimum absolute atomic E-state index is 0.0476. The first-order chi connectivity index (χ1) is 22.8. The molecule has 1 saturated heterocycles. The first kappa shape index (κ1) is 35.3. The van der Waals surface area contributed by atoms with Gasteiger partial charge in [0, 0.05) is 50.4 Å². The second-order valence-electron chi connectivity index (χ2n) is 13.6. The molecule has 260 valence electrons. The van der Waals surface area contributed by atoms with Crippen molar-refractivity contribution in [3.63, 3.8) is 0 Å². The van der Waals surface area contributed by atoms with E-state index in [0.29, 0.717) is 61.4 Å². The number of rotatable bonds is 14. The Hall–Kier alpha value is -3.02. The Morgan fingerprint density at radius 3 is 2.45 bits per heavy atom. The normalized spacial score (nSPS) is 27.1. The lowest BCUT2D eigenvalue weighted by Gasteiger charge is -2.37. The zero-order chi connectivity index (χ0) is 33.3. The molecular formula is C36H52FN3O7. The molecule has 11 heteroatoms. The van der Waals surface area contributed by atoms with Gasteiger partial charge in [0.05, 0.1) is 19.4 Å². The van der Waals surface area contributed by atoms with Crippen molar-refractivity contribution in [3.8, 4) is 0 Å². The maximum Gasteiger partial charge on any atom is 0.374 e. The van der Waals surface area contributed by atoms with Gasteiger partial charge < -0.3 is 34.6 Å². The van der Waals surface area contributed by atoms with Gasteiger partial charge in [-0.15, -0.1) is 0 Å². The summed E-state index contributed by atoms with van der Waals surface area (Å²) >= 11 is 0. The van der Waals surface area contributed by atoms with Crippen LogP contribution < -0.4 is 11.1 Å². The van der Waals surface area contributed by atoms with Crippen molar-refractivity contribution in [1.29, 1.82) is 0 Å². The fraction of sp³-hybridized carbons (Fsp3) is 0.694. The monoisotopic (exact) mass is 657 g/mol. The molecule has 3 fully saturated rings. The molecule has 2 aliphatic carbocycles. The minimum Gasteiger partial charge on any atom is -0.460 e. The number of halogens is 1. The SMILES string of the molecule is COCCCCOC(=O)c1cc2cc(NC(=O)[C@@H]3[C@H](C4CCC(OC)CC4)CCN3C(=O)C3CCC([C@H](N)CCF)CC3)ccc2o1. The largest absolute Gasteiger partial charge is 0.460 e. The molecule has 2 heterocycles. The summed E-state index contributed by atoms with van der Waals surface area (Å²) < 4.78 is 34.6. The molecule has 3 atom stereocenters. The number of esters is 1. The van der Waals surface area contributed by atoms with E-state index in [4.69, 9.17) is 24.4 Å². The van der Waals surface area contributed by atoms with Gasteiger partial charge in [-0.2, -0.15) is 0 Å². The van der Waals surface area contributed by atoms with Crippen molar-refractivity contribution in [2.75, 3.05) is 46.0 Å². The molecular weight excluding hydrogens is 605 g/mol. The molecule has 0 spiro atoms. The lowest BCUT2D eigenvalue weighted by molar-refractivity contribution is -0.142. The number of anilines is 1. The quantitative estimate of drug-likeness (QED) is 0.190. The Bertz CT molecular complexity index is 1340. The van der Waals surface area contributed by atoms with E-state index in [1.165, 1.54) is 0 Å². The Kier molecular flexibility index (Phi) is 12.7. The third-order valence-corrected chi connectivity index (χ3v) is 10.8. The smallest absolute Gasteiger partial charge is 0.374 e. The van der Waals surface area contributed by atoms with Crippen LogP contribution in [-0.4, -0.2) is 81.5 Å². The highest BCUT2D eigenvalue weighted by atomic mass is 19.1. The highest BCUT2D eigenvalue weighted by molar-refractivity contribution is 6.00. The van der Waals surface area contributed by atoms with Gasteiger partial charge in [0.25, 0.3) is 0 Å². The topological polar surface area (TPSA) is 133 Å². The summed E-state index contributed by atoms with van der Waals surface area (Å²) in [6.45, 7) is 1.03. The molecule has 0 bridgehead atoms. The van der Waals surface area contributed by atoms with E-state index in [1.807, 2.05) is 4.90 Å². The number of hydrogen-bond acceptors (Lipinski definition) is 8. The van der Waals surface area contributed by atoms with Gasteiger partial charge in [0.1, 0.15) is 11.6 Å². The zero-order valence-electron chi connectivity index (χ0n) is 27.9. The maximum absolute atomic E-state index is 14.2. The maximum atomic E-state index is 14.2. The summed E-state index contributed by atoms with van der Waals surface area (Å²) in [6, 6.07) is 6.16. The van der Waals surface area contributed by atoms with E-state index in [1.54, 1.807) is 38.5 Å². The second-order valence-corrected chi connectivity index (χ2v) is 13.6. The Morgan fingerprint density at radius 2 is 1.74 bits per heavy atom. The molecule has 1 aromatic carbocycles. The molecule has 5 rings (SSSR count). The number of alkyl halides is 1. The van der Waals surface area contributed by atoms with Crippen LogP contribution in [0.5, 0.6) is 0 Å². The number of nitrogens with two attached hydrogens (primary N) is 1. The van der Waals surface area contributed by atoms with Crippen molar-refractivity contribution >= 4 is 34.4 Å². The van der Waals surface area contributed by atoms with Crippen molar-refractivity contribution in [2.45, 2.75) is 95.2 Å². The Morgan fingerprint density at radius 1 is 1.00 bits per heavy atom. The molecule has 3 aliphatic rings. The third-order valence-electron chi connectivity index (χ3n) is 10.8. The van der Waals surface area contributed by atoms with Gasteiger partial charge in [-0.1, -0.05) is 0 Å². The summed E-state index contributed by atoms with van der Waals surface area (Å²) in [5, 5.41) is 3.77. The fourth-order valence-corrected chi connectivity index (χ4v) is 8.06. The number of amides is 2. The Balaban J connectivity index is 1.28. The second kappa shape index (κ2) is 16.9. The lowest BCUT2D eigenvalue weighted by Crippen LogP contribution is -2.50. The number of furan rings is 1. The molecule has 0 unspecified atom stereocenters. The van der Waals surface area contributed by atoms with Crippen molar-refractivity contribution in [2.24, 2.45) is 29.4 Å². The van der Waals surface area contributed by atoms with Crippen LogP contribution in [0, 0.1) is 23.7 Å². The van der Waals surface area contributed by atoms with Crippen molar-refractivity contribution in [1.82, 2.24) is 4.90 Å². The van der Waals surface area contributed by atoms with Crippen molar-refractivity contribution < 1.29 is 37.4 Å². The fourth-order valence-electron chi connectivity index (χ4n) is 8.06. The zero-order valence-corrected chi connectivity index (χ0v) is 27.9. The minimum atomic E-state index is -0.568. The molecule has 0 radical (unpaired) electrons. The van der Waals surface area contributed by atoms with Crippen LogP contribution in [-0.2, 0) is 23.8 Å². The standard InChI is InChI=1S/C36H52FN3O7/c1-44-19-3-4-20-46-36(43)32-22-26-21-27(11-14-31(26)47-32)39-34(41)33-29(23-9-12-28(45-2)13-10-23)16-18-40(33)35(42)25-7-5-24(6-8-25)30(38)15-17-37/h11,14,21-25,28-30,33H,3-10,12-13,15-20,38H2,1-2H3,(H,39,41)/t23?,24?,25?,28?,29-,30+,33-/m0/s1. The van der Waals surface area contributed by atoms with Crippen molar-refractivity contribution in [3.05, 3.63) is 30.0 Å². The van der Waals surface area contributed by atoms with E-state index in [-0.39, 0.29) is 54.1 Å². The number of methoxy groups -OCH3 is 2. The highest BCUT2D eigenvalue weighted by Gasteiger charge is 2.47. The van der Waals surface area contributed by atoms with Crippen LogP contribution in [0.4, 0.5) is 10.1 Å². The van der Waals surface area contributed by atoms with E-state index >= 15 is 0 Å². The first-order valence-electron chi connectivity index (χ1n) is 17.5. The summed E-state index contributed by atoms with van der Waals surface area (Å²) in [4.78, 5) is 42.6. The number of likely N-dealkylation sites (tertiary alicyclic amines) is 1. The average molecular weight is 658 g/mol. The first-order valence-corrected chi connectivity index (χ1v) is 17.5. The van der Waals surface area contributed by atoms with E-state index in [0.717, 1.165) is 51.4 Å². The Labute approximate surface area is 277 Å². The number of carbonyl (C=O) groups is 3. The molecule has 1 aliphatic heterocycles. The van der Waals surface area contributed by atoms with Gasteiger partial charge in [0.2, 0.25) is 17.6 Å². The van der Waals surface area contributed by atoms with Crippen LogP contribution in [0.2, 0.25) is 0 Å². The summed E-state index contributed by atoms with van der Waals surface area (Å²) in [7, 11) is 3.39. The molecule has 1 aromatic heterocycles. The predicted octanol–water partition coefficient (Wildman–Crippen LogP) is 5.87. The van der Waals surface area contributed by atoms with Gasteiger partial charge in [-0.3, -0.25) is 14.0 Å². The highest BCUT2D eigenvalue weighted by Crippen LogP contribution is 2.42. The molecule has 2 saturated carbocycles. The number of nitrogens with zero attached hydrogens (tertiary/aromatic N) is 1. The third kappa shape index (κ3) is 8.72. The van der Waals surface area contributed by atoms with Gasteiger partial charge in [0.15, 0.2) is 0 Å². The number of nitrogens with one attached hydrogen (secondary N) is 1. The number of carbonyl (C=O) groups excluding carboxylic acids is 3. The molecule has 10 nitrogen and oxygen atoms in total. The van der Waals surface area contributed by atoms with Crippen LogP contribution >= 0.6 is 0 Å². The number of benzene rings is 1. The summed E-state index contributed by atoms with van der Waals surface area (Å²) in [5.41, 5.74) is 7.30. The van der Waals surface area contributed by atoms with E-state index in [9.17, 15) is 18.8 Å². The number of unbranched alkanes of at least 4 members (excludes halogenated alkanes) is 1. The van der Waals surface area contributed by atoms with E-state index in [2.05, 4.69) is 5.32 Å². The van der Waals surface area contributed by atoms with Gasteiger partial charge in [-0.25, -0.2) is 4.79 Å². The number of hydrogen-bond donors (Lipinski definition) is 2. The summed E-state index contributed by atoms with van der Waals surface area (Å²) in [6.07, 6.45) is 9.79. The summed E-state index contributed by atoms with van der Waals surface area (Å²) in [5.74, 6) is -0.0837. The molecule has 2 aromatic rings. The average Bonchev–Trinajstić information content (AvgIpc) is 3.73. The predicted molar refractivity (Wildman–Crippen MR) is 177 cm³/mol. The number of fused-ring (bicyclic) bond motifs is 1. The van der Waals surface area contributed by atoms with Crippen LogP contribution in [0.15, 0.2) is 28.7 Å². The molecule has 47 heavy (non-hydrogen) atoms. The van der Waals surface area contributed by atoms with Crippen LogP contribution in [0.25, 0.3) is 11.0 Å². The van der Waals surface area contributed by atoms with Crippen LogP contribution in [0.3, 0.4) is 0 Å².